The topological polar surface area (TPSA) is 20.3 Å². The molecule has 1 unspecified atom stereocenters. The van der Waals surface area contributed by atoms with E-state index in [9.17, 15) is 18.0 Å². The Kier molecular flexibility index (Phi) is 4.14. The second kappa shape index (κ2) is 5.31. The molecular formula is C12H18F3NOS. The summed E-state index contributed by atoms with van der Waals surface area (Å²) in [4.78, 5) is 13.3. The third-order valence-electron chi connectivity index (χ3n) is 3.98. The van der Waals surface area contributed by atoms with E-state index in [0.717, 1.165) is 0 Å². The van der Waals surface area contributed by atoms with Crippen LogP contribution >= 0.6 is 12.6 Å². The lowest BCUT2D eigenvalue weighted by atomic mass is 9.81. The molecule has 0 aromatic rings. The fraction of sp³-hybridized carbons (Fsp3) is 0.917. The summed E-state index contributed by atoms with van der Waals surface area (Å²) in [5.74, 6) is -0.820. The van der Waals surface area contributed by atoms with Crippen LogP contribution in [0.25, 0.3) is 0 Å². The Morgan fingerprint density at radius 3 is 2.28 bits per heavy atom. The van der Waals surface area contributed by atoms with Crippen molar-refractivity contribution in [1.29, 1.82) is 0 Å². The lowest BCUT2D eigenvalue weighted by molar-refractivity contribution is -0.184. The van der Waals surface area contributed by atoms with Crippen molar-refractivity contribution < 1.29 is 18.0 Å². The number of rotatable bonds is 2. The highest BCUT2D eigenvalue weighted by atomic mass is 32.1. The van der Waals surface area contributed by atoms with Gasteiger partial charge in [-0.05, 0) is 31.6 Å². The monoisotopic (exact) mass is 281 g/mol. The fourth-order valence-corrected chi connectivity index (χ4v) is 3.27. The Balaban J connectivity index is 1.79. The smallest absolute Gasteiger partial charge is 0.341 e. The zero-order valence-electron chi connectivity index (χ0n) is 10.1. The van der Waals surface area contributed by atoms with Crippen LogP contribution in [0.15, 0.2) is 0 Å². The van der Waals surface area contributed by atoms with E-state index in [1.165, 1.54) is 0 Å². The van der Waals surface area contributed by atoms with Crippen molar-refractivity contribution in [3.63, 3.8) is 0 Å². The molecule has 0 spiro atoms. The van der Waals surface area contributed by atoms with Gasteiger partial charge in [0.2, 0.25) is 5.91 Å². The van der Waals surface area contributed by atoms with Crippen molar-refractivity contribution in [1.82, 2.24) is 4.90 Å². The number of hydrogen-bond acceptors (Lipinski definition) is 2. The lowest BCUT2D eigenvalue weighted by Gasteiger charge is -2.32. The van der Waals surface area contributed by atoms with E-state index >= 15 is 0 Å². The molecule has 1 aliphatic carbocycles. The van der Waals surface area contributed by atoms with E-state index in [4.69, 9.17) is 0 Å². The number of thiol groups is 1. The van der Waals surface area contributed by atoms with Gasteiger partial charge in [0.25, 0.3) is 0 Å². The minimum atomic E-state index is -4.05. The van der Waals surface area contributed by atoms with E-state index in [1.54, 1.807) is 4.90 Å². The van der Waals surface area contributed by atoms with Gasteiger partial charge in [0.1, 0.15) is 0 Å². The molecule has 2 nitrogen and oxygen atoms in total. The summed E-state index contributed by atoms with van der Waals surface area (Å²) in [6.45, 7) is 1.25. The molecule has 0 aromatic heterocycles. The highest BCUT2D eigenvalue weighted by molar-refractivity contribution is 7.81. The molecule has 0 N–H and O–H groups in total. The Labute approximate surface area is 110 Å². The fourth-order valence-electron chi connectivity index (χ4n) is 2.91. The summed E-state index contributed by atoms with van der Waals surface area (Å²) in [5, 5.41) is 0.0871. The number of hydrogen-bond donors (Lipinski definition) is 1. The number of carbonyl (C=O) groups excluding carboxylic acids is 1. The first-order valence-corrected chi connectivity index (χ1v) is 6.90. The van der Waals surface area contributed by atoms with Crippen LogP contribution in [-0.2, 0) is 4.79 Å². The molecule has 1 saturated carbocycles. The summed E-state index contributed by atoms with van der Waals surface area (Å²) >= 11 is 4.27. The molecule has 1 heterocycles. The molecule has 0 aromatic carbocycles. The van der Waals surface area contributed by atoms with Gasteiger partial charge in [-0.3, -0.25) is 4.79 Å². The van der Waals surface area contributed by atoms with Crippen LogP contribution < -0.4 is 0 Å². The van der Waals surface area contributed by atoms with Gasteiger partial charge in [-0.15, -0.1) is 0 Å². The highest BCUT2D eigenvalue weighted by Crippen LogP contribution is 2.39. The van der Waals surface area contributed by atoms with Crippen molar-refractivity contribution in [2.24, 2.45) is 11.8 Å². The van der Waals surface area contributed by atoms with Gasteiger partial charge in [0.15, 0.2) is 0 Å². The molecule has 1 amide bonds. The maximum absolute atomic E-state index is 12.5. The predicted octanol–water partition coefficient (Wildman–Crippen LogP) is 2.89. The third kappa shape index (κ3) is 3.33. The molecular weight excluding hydrogens is 263 g/mol. The average Bonchev–Trinajstić information content (AvgIpc) is 2.57. The number of alkyl halides is 3. The summed E-state index contributed by atoms with van der Waals surface area (Å²) in [6.07, 6.45) is -2.02. The highest BCUT2D eigenvalue weighted by Gasteiger charge is 2.42. The van der Waals surface area contributed by atoms with Crippen LogP contribution in [0.3, 0.4) is 0 Å². The van der Waals surface area contributed by atoms with Crippen LogP contribution in [-0.4, -0.2) is 35.3 Å². The van der Waals surface area contributed by atoms with Gasteiger partial charge in [0.05, 0.1) is 5.92 Å². The van der Waals surface area contributed by atoms with Crippen molar-refractivity contribution in [3.05, 3.63) is 0 Å². The van der Waals surface area contributed by atoms with Crippen LogP contribution in [0.4, 0.5) is 13.2 Å². The van der Waals surface area contributed by atoms with Crippen LogP contribution in [0.2, 0.25) is 0 Å². The van der Waals surface area contributed by atoms with Crippen molar-refractivity contribution in [2.45, 2.75) is 43.5 Å². The number of nitrogens with zero attached hydrogens (tertiary/aromatic N) is 1. The van der Waals surface area contributed by atoms with Crippen LogP contribution in [0.5, 0.6) is 0 Å². The van der Waals surface area contributed by atoms with Gasteiger partial charge >= 0.3 is 6.18 Å². The minimum Gasteiger partial charge on any atom is -0.341 e. The second-order valence-electron chi connectivity index (χ2n) is 5.42. The largest absolute Gasteiger partial charge is 0.391 e. The molecule has 0 radical (unpaired) electrons. The molecule has 0 bridgehead atoms. The van der Waals surface area contributed by atoms with Crippen molar-refractivity contribution in [2.75, 3.05) is 13.1 Å². The van der Waals surface area contributed by atoms with Gasteiger partial charge in [-0.25, -0.2) is 0 Å². The maximum atomic E-state index is 12.5. The summed E-state index contributed by atoms with van der Waals surface area (Å²) in [7, 11) is 0. The zero-order valence-corrected chi connectivity index (χ0v) is 11.0. The summed E-state index contributed by atoms with van der Waals surface area (Å²) in [6, 6.07) is 0. The Morgan fingerprint density at radius 1 is 1.22 bits per heavy atom. The standard InChI is InChI=1S/C12H18F3NOS/c13-12(14,15)9-3-1-8(2-4-9)6-16-7-10(18)5-11(16)17/h8-10,18H,1-7H2. The first-order chi connectivity index (χ1) is 8.36. The van der Waals surface area contributed by atoms with Crippen LogP contribution in [0, 0.1) is 11.8 Å². The van der Waals surface area contributed by atoms with Gasteiger partial charge in [-0.1, -0.05) is 0 Å². The average molecular weight is 281 g/mol. The van der Waals surface area contributed by atoms with Gasteiger partial charge in [-0.2, -0.15) is 25.8 Å². The molecule has 2 rings (SSSR count). The van der Waals surface area contributed by atoms with Crippen LogP contribution in [0.1, 0.15) is 32.1 Å². The molecule has 1 atom stereocenters. The molecule has 1 saturated heterocycles. The third-order valence-corrected chi connectivity index (χ3v) is 4.33. The number of carbonyl (C=O) groups is 1. The number of likely N-dealkylation sites (tertiary alicyclic amines) is 1. The Bertz CT molecular complexity index is 313. The van der Waals surface area contributed by atoms with Gasteiger partial charge < -0.3 is 4.90 Å². The molecule has 2 aliphatic rings. The normalized spacial score (nSPS) is 34.1. The number of halogens is 3. The SMILES string of the molecule is O=C1CC(S)CN1CC1CCC(C(F)(F)F)CC1. The molecule has 2 fully saturated rings. The molecule has 18 heavy (non-hydrogen) atoms. The molecule has 104 valence electrons. The number of amides is 1. The second-order valence-corrected chi connectivity index (χ2v) is 6.15. The Hall–Kier alpha value is -0.390. The molecule has 1 aliphatic heterocycles. The first-order valence-electron chi connectivity index (χ1n) is 6.39. The van der Waals surface area contributed by atoms with Crippen molar-refractivity contribution >= 4 is 18.5 Å². The summed E-state index contributed by atoms with van der Waals surface area (Å²) in [5.41, 5.74) is 0. The first kappa shape index (κ1) is 14.0. The lowest BCUT2D eigenvalue weighted by Crippen LogP contribution is -2.35. The maximum Gasteiger partial charge on any atom is 0.391 e. The van der Waals surface area contributed by atoms with E-state index < -0.39 is 12.1 Å². The van der Waals surface area contributed by atoms with Gasteiger partial charge in [0, 0.05) is 24.8 Å². The van der Waals surface area contributed by atoms with E-state index in [0.29, 0.717) is 32.4 Å². The minimum absolute atomic E-state index is 0.0871. The van der Waals surface area contributed by atoms with Crippen molar-refractivity contribution in [3.8, 4) is 0 Å². The van der Waals surface area contributed by atoms with E-state index in [1.807, 2.05) is 0 Å². The van der Waals surface area contributed by atoms with E-state index in [-0.39, 0.29) is 29.9 Å². The quantitative estimate of drug-likeness (QED) is 0.772. The molecule has 6 heteroatoms. The summed E-state index contributed by atoms with van der Waals surface area (Å²) < 4.78 is 37.5. The Morgan fingerprint density at radius 2 is 1.83 bits per heavy atom. The van der Waals surface area contributed by atoms with E-state index in [2.05, 4.69) is 12.6 Å². The predicted molar refractivity (Wildman–Crippen MR) is 65.5 cm³/mol. The zero-order chi connectivity index (χ0) is 13.3.